The zero-order valence-electron chi connectivity index (χ0n) is 6.90. The Bertz CT molecular complexity index is 321. The van der Waals surface area contributed by atoms with E-state index in [0.717, 1.165) is 12.8 Å². The van der Waals surface area contributed by atoms with E-state index in [1.54, 1.807) is 18.6 Å². The summed E-state index contributed by atoms with van der Waals surface area (Å²) in [4.78, 5) is 18.4. The molecule has 1 heterocycles. The first-order valence-corrected chi connectivity index (χ1v) is 4.01. The number of amides is 1. The summed E-state index contributed by atoms with van der Waals surface area (Å²) >= 11 is 0. The summed E-state index contributed by atoms with van der Waals surface area (Å²) < 4.78 is 0. The molecule has 68 valence electrons. The first kappa shape index (κ1) is 7.97. The molecule has 0 aliphatic heterocycles. The molecule has 1 fully saturated rings. The van der Waals surface area contributed by atoms with Crippen molar-refractivity contribution in [1.82, 2.24) is 15.3 Å². The van der Waals surface area contributed by atoms with Crippen LogP contribution in [0.2, 0.25) is 0 Å². The normalized spacial score (nSPS) is 17.8. The Labute approximate surface area is 74.8 Å². The van der Waals surface area contributed by atoms with Crippen molar-refractivity contribution in [1.29, 1.82) is 0 Å². The first-order chi connectivity index (χ1) is 6.23. The largest absolute Gasteiger partial charge is 0.465 e. The van der Waals surface area contributed by atoms with Gasteiger partial charge in [-0.05, 0) is 12.8 Å². The SMILES string of the molecule is O=C(O)NC1(c2cnccn2)CC1. The van der Waals surface area contributed by atoms with Crippen LogP contribution < -0.4 is 5.32 Å². The number of nitrogens with one attached hydrogen (secondary N) is 1. The minimum absolute atomic E-state index is 0.458. The maximum Gasteiger partial charge on any atom is 0.405 e. The summed E-state index contributed by atoms with van der Waals surface area (Å²) in [5.41, 5.74) is 0.248. The van der Waals surface area contributed by atoms with Gasteiger partial charge in [0, 0.05) is 12.4 Å². The zero-order valence-corrected chi connectivity index (χ0v) is 6.90. The van der Waals surface area contributed by atoms with Crippen LogP contribution in [0.4, 0.5) is 4.79 Å². The number of aromatic nitrogens is 2. The Morgan fingerprint density at radius 1 is 1.54 bits per heavy atom. The van der Waals surface area contributed by atoms with Crippen LogP contribution in [-0.4, -0.2) is 21.2 Å². The highest BCUT2D eigenvalue weighted by Crippen LogP contribution is 2.43. The average molecular weight is 179 g/mol. The van der Waals surface area contributed by atoms with Gasteiger partial charge < -0.3 is 10.4 Å². The molecule has 1 aliphatic rings. The molecule has 2 rings (SSSR count). The predicted molar refractivity (Wildman–Crippen MR) is 44.1 cm³/mol. The van der Waals surface area contributed by atoms with Crippen molar-refractivity contribution in [2.24, 2.45) is 0 Å². The van der Waals surface area contributed by atoms with Crippen LogP contribution in [0.3, 0.4) is 0 Å². The molecule has 0 spiro atoms. The van der Waals surface area contributed by atoms with Crippen molar-refractivity contribution in [2.45, 2.75) is 18.4 Å². The highest BCUT2D eigenvalue weighted by Gasteiger charge is 2.47. The number of nitrogens with zero attached hydrogens (tertiary/aromatic N) is 2. The van der Waals surface area contributed by atoms with E-state index in [0.29, 0.717) is 5.69 Å². The molecule has 0 unspecified atom stereocenters. The van der Waals surface area contributed by atoms with Gasteiger partial charge in [0.15, 0.2) is 0 Å². The fraction of sp³-hybridized carbons (Fsp3) is 0.375. The summed E-state index contributed by atoms with van der Waals surface area (Å²) in [5.74, 6) is 0. The van der Waals surface area contributed by atoms with Gasteiger partial charge in [-0.15, -0.1) is 0 Å². The third-order valence-electron chi connectivity index (χ3n) is 2.15. The molecule has 1 saturated carbocycles. The predicted octanol–water partition coefficient (Wildman–Crippen LogP) is 0.733. The van der Waals surface area contributed by atoms with E-state index in [-0.39, 0.29) is 0 Å². The van der Waals surface area contributed by atoms with Gasteiger partial charge in [0.1, 0.15) is 0 Å². The Kier molecular flexibility index (Phi) is 1.65. The van der Waals surface area contributed by atoms with Gasteiger partial charge in [-0.2, -0.15) is 0 Å². The van der Waals surface area contributed by atoms with E-state index in [4.69, 9.17) is 5.11 Å². The quantitative estimate of drug-likeness (QED) is 0.701. The molecule has 0 radical (unpaired) electrons. The van der Waals surface area contributed by atoms with Crippen molar-refractivity contribution in [3.8, 4) is 0 Å². The number of carboxylic acid groups (broad SMARTS) is 1. The summed E-state index contributed by atoms with van der Waals surface area (Å²) in [6, 6.07) is 0. The minimum Gasteiger partial charge on any atom is -0.465 e. The molecule has 5 nitrogen and oxygen atoms in total. The molecule has 0 saturated heterocycles. The average Bonchev–Trinajstić information content (AvgIpc) is 2.86. The Morgan fingerprint density at radius 3 is 2.77 bits per heavy atom. The highest BCUT2D eigenvalue weighted by molar-refractivity contribution is 5.66. The maximum absolute atomic E-state index is 10.5. The van der Waals surface area contributed by atoms with Crippen LogP contribution in [0.25, 0.3) is 0 Å². The summed E-state index contributed by atoms with van der Waals surface area (Å²) in [5, 5.41) is 11.1. The van der Waals surface area contributed by atoms with Gasteiger partial charge in [-0.25, -0.2) is 4.79 Å². The van der Waals surface area contributed by atoms with Crippen molar-refractivity contribution in [3.05, 3.63) is 24.3 Å². The summed E-state index contributed by atoms with van der Waals surface area (Å²) in [6.07, 6.45) is 5.33. The first-order valence-electron chi connectivity index (χ1n) is 4.01. The highest BCUT2D eigenvalue weighted by atomic mass is 16.4. The van der Waals surface area contributed by atoms with Crippen LogP contribution in [-0.2, 0) is 5.54 Å². The zero-order chi connectivity index (χ0) is 9.31. The van der Waals surface area contributed by atoms with E-state index in [1.807, 2.05) is 0 Å². The number of hydrogen-bond acceptors (Lipinski definition) is 3. The molecule has 5 heteroatoms. The van der Waals surface area contributed by atoms with Gasteiger partial charge in [0.25, 0.3) is 0 Å². The van der Waals surface area contributed by atoms with Crippen LogP contribution >= 0.6 is 0 Å². The smallest absolute Gasteiger partial charge is 0.405 e. The van der Waals surface area contributed by atoms with Crippen molar-refractivity contribution in [3.63, 3.8) is 0 Å². The molecule has 0 aromatic carbocycles. The third-order valence-corrected chi connectivity index (χ3v) is 2.15. The third kappa shape index (κ3) is 1.44. The molecular formula is C8H9N3O2. The van der Waals surface area contributed by atoms with Gasteiger partial charge in [0.2, 0.25) is 0 Å². The molecule has 1 aromatic heterocycles. The van der Waals surface area contributed by atoms with Crippen molar-refractivity contribution >= 4 is 6.09 Å². The van der Waals surface area contributed by atoms with Crippen LogP contribution in [0.15, 0.2) is 18.6 Å². The lowest BCUT2D eigenvalue weighted by atomic mass is 10.2. The standard InChI is InChI=1S/C8H9N3O2/c12-7(13)11-8(1-2-8)6-5-9-3-4-10-6/h3-5,11H,1-2H2,(H,12,13). The van der Waals surface area contributed by atoms with Crippen LogP contribution in [0.5, 0.6) is 0 Å². The van der Waals surface area contributed by atoms with E-state index in [2.05, 4.69) is 15.3 Å². The Balaban J connectivity index is 2.21. The lowest BCUT2D eigenvalue weighted by molar-refractivity contribution is 0.188. The Hall–Kier alpha value is -1.65. The molecule has 0 atom stereocenters. The minimum atomic E-state index is -1.01. The van der Waals surface area contributed by atoms with Crippen molar-refractivity contribution in [2.75, 3.05) is 0 Å². The van der Waals surface area contributed by atoms with Gasteiger partial charge in [-0.1, -0.05) is 0 Å². The monoisotopic (exact) mass is 179 g/mol. The lowest BCUT2D eigenvalue weighted by Gasteiger charge is -2.12. The summed E-state index contributed by atoms with van der Waals surface area (Å²) in [6.45, 7) is 0. The maximum atomic E-state index is 10.5. The topological polar surface area (TPSA) is 75.1 Å². The van der Waals surface area contributed by atoms with Crippen LogP contribution in [0.1, 0.15) is 18.5 Å². The van der Waals surface area contributed by atoms with Gasteiger partial charge in [-0.3, -0.25) is 9.97 Å². The Morgan fingerprint density at radius 2 is 2.31 bits per heavy atom. The fourth-order valence-electron chi connectivity index (χ4n) is 1.32. The molecular weight excluding hydrogens is 170 g/mol. The fourth-order valence-corrected chi connectivity index (χ4v) is 1.32. The number of rotatable bonds is 2. The molecule has 13 heavy (non-hydrogen) atoms. The second-order valence-electron chi connectivity index (χ2n) is 3.10. The van der Waals surface area contributed by atoms with Gasteiger partial charge in [0.05, 0.1) is 17.4 Å². The van der Waals surface area contributed by atoms with Crippen LogP contribution in [0, 0.1) is 0 Å². The second-order valence-corrected chi connectivity index (χ2v) is 3.10. The van der Waals surface area contributed by atoms with E-state index in [9.17, 15) is 4.79 Å². The lowest BCUT2D eigenvalue weighted by Crippen LogP contribution is -2.34. The second kappa shape index (κ2) is 2.69. The number of hydrogen-bond donors (Lipinski definition) is 2. The summed E-state index contributed by atoms with van der Waals surface area (Å²) in [7, 11) is 0. The van der Waals surface area contributed by atoms with Crippen molar-refractivity contribution < 1.29 is 9.90 Å². The molecule has 0 bridgehead atoms. The molecule has 2 N–H and O–H groups in total. The molecule has 1 aromatic rings. The van der Waals surface area contributed by atoms with E-state index < -0.39 is 11.6 Å². The number of carbonyl (C=O) groups is 1. The van der Waals surface area contributed by atoms with Gasteiger partial charge >= 0.3 is 6.09 Å². The van der Waals surface area contributed by atoms with E-state index in [1.165, 1.54) is 0 Å². The van der Waals surface area contributed by atoms with E-state index >= 15 is 0 Å². The molecule has 1 amide bonds. The molecule has 1 aliphatic carbocycles.